The number of methoxy groups -OCH3 is 2. The largest absolute Gasteiger partial charge is 0.497 e. The van der Waals surface area contributed by atoms with Crippen molar-refractivity contribution < 1.29 is 19.0 Å². The van der Waals surface area contributed by atoms with Crippen molar-refractivity contribution in [2.75, 3.05) is 14.2 Å². The first-order chi connectivity index (χ1) is 16.9. The van der Waals surface area contributed by atoms with E-state index in [0.717, 1.165) is 29.6 Å². The van der Waals surface area contributed by atoms with Gasteiger partial charge in [0.2, 0.25) is 0 Å². The van der Waals surface area contributed by atoms with E-state index in [2.05, 4.69) is 50.5 Å². The van der Waals surface area contributed by atoms with Crippen molar-refractivity contribution in [2.24, 2.45) is 0 Å². The number of hydrogen-bond acceptors (Lipinski definition) is 5. The average molecular weight is 715 g/mol. The van der Waals surface area contributed by atoms with Crippen molar-refractivity contribution in [3.8, 4) is 23.3 Å². The number of nitrogens with one attached hydrogen (secondary N) is 1. The topological polar surface area (TPSA) is 80.6 Å². The number of carbonyl (C=O) groups is 1. The lowest BCUT2D eigenvalue weighted by atomic mass is 10.1. The molecule has 1 N–H and O–H groups in total. The summed E-state index contributed by atoms with van der Waals surface area (Å²) in [5, 5.41) is 13.0. The molecule has 1 amide bonds. The molecule has 3 rings (SSSR count). The van der Waals surface area contributed by atoms with Gasteiger partial charge < -0.3 is 19.5 Å². The van der Waals surface area contributed by atoms with Crippen LogP contribution in [0.1, 0.15) is 16.7 Å². The highest BCUT2D eigenvalue weighted by Gasteiger charge is 2.14. The fourth-order valence-corrected chi connectivity index (χ4v) is 5.47. The summed E-state index contributed by atoms with van der Waals surface area (Å²) in [6, 6.07) is 18.6. The van der Waals surface area contributed by atoms with Gasteiger partial charge >= 0.3 is 0 Å². The number of hydrogen-bond donors (Lipinski definition) is 1. The van der Waals surface area contributed by atoms with Crippen LogP contribution < -0.4 is 19.5 Å². The molecular weight excluding hydrogens is 694 g/mol. The zero-order chi connectivity index (χ0) is 25.4. The average Bonchev–Trinajstić information content (AvgIpc) is 2.86. The maximum atomic E-state index is 12.7. The molecule has 0 aliphatic heterocycles. The summed E-state index contributed by atoms with van der Waals surface area (Å²) in [4.78, 5) is 12.7. The first kappa shape index (κ1) is 27.1. The molecule has 3 aromatic rings. The van der Waals surface area contributed by atoms with Gasteiger partial charge in [-0.3, -0.25) is 4.79 Å². The van der Waals surface area contributed by atoms with Gasteiger partial charge in [-0.25, -0.2) is 0 Å². The molecule has 0 saturated carbocycles. The number of ether oxygens (including phenoxy) is 3. The minimum Gasteiger partial charge on any atom is -0.497 e. The van der Waals surface area contributed by atoms with E-state index in [1.807, 2.05) is 42.5 Å². The summed E-state index contributed by atoms with van der Waals surface area (Å²) >= 11 is 10.6. The monoisotopic (exact) mass is 714 g/mol. The minimum atomic E-state index is -0.477. The smallest absolute Gasteiger partial charge is 0.262 e. The fraction of sp³-hybridized carbons (Fsp3) is 0.154. The van der Waals surface area contributed by atoms with Crippen molar-refractivity contribution in [3.63, 3.8) is 0 Å². The molecule has 0 spiro atoms. The number of amides is 1. The second-order valence-corrected chi connectivity index (χ2v) is 9.96. The molecule has 0 atom stereocenters. The van der Waals surface area contributed by atoms with E-state index >= 15 is 0 Å². The lowest BCUT2D eigenvalue weighted by Crippen LogP contribution is -2.24. The molecule has 0 aliphatic carbocycles. The van der Waals surface area contributed by atoms with Crippen molar-refractivity contribution in [3.05, 3.63) is 89.0 Å². The Kier molecular flexibility index (Phi) is 10.1. The van der Waals surface area contributed by atoms with Crippen molar-refractivity contribution in [2.45, 2.75) is 13.2 Å². The lowest BCUT2D eigenvalue weighted by molar-refractivity contribution is -0.117. The molecule has 35 heavy (non-hydrogen) atoms. The van der Waals surface area contributed by atoms with Crippen molar-refractivity contribution in [1.29, 1.82) is 5.26 Å². The molecule has 0 bridgehead atoms. The maximum absolute atomic E-state index is 12.7. The third kappa shape index (κ3) is 7.25. The Bertz CT molecular complexity index is 1280. The summed E-state index contributed by atoms with van der Waals surface area (Å²) in [5.74, 6) is 1.48. The highest BCUT2D eigenvalue weighted by Crippen LogP contribution is 2.31. The minimum absolute atomic E-state index is 0.00573. The van der Waals surface area contributed by atoms with Gasteiger partial charge in [0.15, 0.2) is 0 Å². The van der Waals surface area contributed by atoms with Crippen LogP contribution in [0.2, 0.25) is 5.02 Å². The number of carbonyl (C=O) groups excluding carboxylic acids is 1. The lowest BCUT2D eigenvalue weighted by Gasteiger charge is -2.13. The molecule has 0 fully saturated rings. The summed E-state index contributed by atoms with van der Waals surface area (Å²) in [6.07, 6.45) is 1.56. The van der Waals surface area contributed by atoms with E-state index in [0.29, 0.717) is 23.1 Å². The molecule has 9 heteroatoms. The van der Waals surface area contributed by atoms with Crippen LogP contribution in [0.5, 0.6) is 17.2 Å². The number of halogens is 3. The van der Waals surface area contributed by atoms with Crippen LogP contribution in [0.3, 0.4) is 0 Å². The van der Waals surface area contributed by atoms with Gasteiger partial charge in [-0.15, -0.1) is 0 Å². The Morgan fingerprint density at radius 3 is 2.40 bits per heavy atom. The van der Waals surface area contributed by atoms with Gasteiger partial charge in [-0.1, -0.05) is 29.8 Å². The third-order valence-electron chi connectivity index (χ3n) is 4.96. The molecule has 0 aromatic heterocycles. The van der Waals surface area contributed by atoms with Gasteiger partial charge in [-0.2, -0.15) is 5.26 Å². The van der Waals surface area contributed by atoms with Gasteiger partial charge in [0.25, 0.3) is 5.91 Å². The highest BCUT2D eigenvalue weighted by atomic mass is 127. The number of rotatable bonds is 9. The Hall–Kier alpha value is -2.49. The Labute approximate surface area is 236 Å². The standard InChI is InChI=1S/C26H21ClI2N2O4/c1-33-20-8-7-17(24(12-20)34-2)14-31-26(32)19(13-30)9-16-10-22(28)25(23(29)11-16)35-15-18-5-3-4-6-21(18)27/h3-12H,14-15H2,1-2H3,(H,31,32)/b19-9+. The van der Waals surface area contributed by atoms with Crippen LogP contribution in [0.4, 0.5) is 0 Å². The SMILES string of the molecule is COc1ccc(CNC(=O)/C(C#N)=C/c2cc(I)c(OCc3ccccc3Cl)c(I)c2)c(OC)c1. The van der Waals surface area contributed by atoms with E-state index in [1.165, 1.54) is 0 Å². The molecule has 0 saturated heterocycles. The van der Waals surface area contributed by atoms with Crippen LogP contribution in [0.15, 0.2) is 60.2 Å². The van der Waals surface area contributed by atoms with E-state index in [-0.39, 0.29) is 12.1 Å². The summed E-state index contributed by atoms with van der Waals surface area (Å²) in [7, 11) is 3.12. The normalized spacial score (nSPS) is 10.9. The maximum Gasteiger partial charge on any atom is 0.262 e. The zero-order valence-electron chi connectivity index (χ0n) is 18.9. The molecule has 180 valence electrons. The van der Waals surface area contributed by atoms with Gasteiger partial charge in [-0.05, 0) is 87.2 Å². The molecule has 6 nitrogen and oxygen atoms in total. The predicted molar refractivity (Wildman–Crippen MR) is 153 cm³/mol. The second-order valence-electron chi connectivity index (χ2n) is 7.22. The quantitative estimate of drug-likeness (QED) is 0.159. The molecule has 3 aromatic carbocycles. The Balaban J connectivity index is 1.73. The van der Waals surface area contributed by atoms with Gasteiger partial charge in [0.05, 0.1) is 21.4 Å². The van der Waals surface area contributed by atoms with E-state index < -0.39 is 5.91 Å². The predicted octanol–water partition coefficient (Wildman–Crippen LogP) is 6.37. The first-order valence-corrected chi connectivity index (χ1v) is 12.9. The van der Waals surface area contributed by atoms with Crippen LogP contribution in [-0.4, -0.2) is 20.1 Å². The third-order valence-corrected chi connectivity index (χ3v) is 6.93. The zero-order valence-corrected chi connectivity index (χ0v) is 24.0. The molecule has 0 heterocycles. The summed E-state index contributed by atoms with van der Waals surface area (Å²) < 4.78 is 18.3. The van der Waals surface area contributed by atoms with Crippen molar-refractivity contribution >= 4 is 68.8 Å². The van der Waals surface area contributed by atoms with Crippen LogP contribution >= 0.6 is 56.8 Å². The second kappa shape index (κ2) is 13.0. The first-order valence-electron chi connectivity index (χ1n) is 10.3. The van der Waals surface area contributed by atoms with Crippen LogP contribution in [0.25, 0.3) is 6.08 Å². The van der Waals surface area contributed by atoms with E-state index in [4.69, 9.17) is 25.8 Å². The molecule has 0 unspecified atom stereocenters. The Morgan fingerprint density at radius 2 is 1.77 bits per heavy atom. The fourth-order valence-electron chi connectivity index (χ4n) is 3.15. The van der Waals surface area contributed by atoms with Gasteiger partial charge in [0.1, 0.15) is 35.5 Å². The van der Waals surface area contributed by atoms with Crippen LogP contribution in [0, 0.1) is 18.5 Å². The van der Waals surface area contributed by atoms with E-state index in [1.54, 1.807) is 38.5 Å². The van der Waals surface area contributed by atoms with E-state index in [9.17, 15) is 10.1 Å². The summed E-state index contributed by atoms with van der Waals surface area (Å²) in [6.45, 7) is 0.538. The highest BCUT2D eigenvalue weighted by molar-refractivity contribution is 14.1. The summed E-state index contributed by atoms with van der Waals surface area (Å²) in [5.41, 5.74) is 2.37. The number of nitrogens with zero attached hydrogens (tertiary/aromatic N) is 1. The van der Waals surface area contributed by atoms with Crippen molar-refractivity contribution in [1.82, 2.24) is 5.32 Å². The number of benzene rings is 3. The number of nitriles is 1. The molecule has 0 aliphatic rings. The van der Waals surface area contributed by atoms with Gasteiger partial charge in [0, 0.05) is 28.8 Å². The molecule has 0 radical (unpaired) electrons. The molecular formula is C26H21ClI2N2O4. The Morgan fingerprint density at radius 1 is 1.06 bits per heavy atom. The van der Waals surface area contributed by atoms with Crippen LogP contribution in [-0.2, 0) is 17.9 Å².